The molecule has 0 aliphatic carbocycles. The van der Waals surface area contributed by atoms with Crippen LogP contribution in [0.1, 0.15) is 12.0 Å². The van der Waals surface area contributed by atoms with E-state index < -0.39 is 16.8 Å². The maximum absolute atomic E-state index is 11.4. The number of carbonyl (C=O) groups is 1. The molecule has 0 radical (unpaired) electrons. The number of rotatable bonds is 6. The molecule has 0 fully saturated rings. The zero-order valence-corrected chi connectivity index (χ0v) is 10.4. The number of non-ortho nitro benzene ring substituents is 1. The van der Waals surface area contributed by atoms with Crippen molar-refractivity contribution in [3.05, 3.63) is 39.9 Å². The van der Waals surface area contributed by atoms with Gasteiger partial charge in [-0.1, -0.05) is 12.1 Å². The molecule has 1 rings (SSSR count). The topological polar surface area (TPSA) is 102 Å². The molecule has 7 heteroatoms. The van der Waals surface area contributed by atoms with Crippen molar-refractivity contribution in [2.24, 2.45) is 11.1 Å². The number of nitro benzene ring substituents is 1. The number of nitrogens with zero attached hydrogens (tertiary/aromatic N) is 2. The van der Waals surface area contributed by atoms with Crippen LogP contribution in [-0.2, 0) is 16.0 Å². The average molecular weight is 266 g/mol. The molecular formula is C12H14N2O5. The largest absolute Gasteiger partial charge is 0.469 e. The molecule has 0 aromatic heterocycles. The summed E-state index contributed by atoms with van der Waals surface area (Å²) in [5, 5.41) is 21.8. The van der Waals surface area contributed by atoms with Crippen LogP contribution in [0.3, 0.4) is 0 Å². The third kappa shape index (κ3) is 4.38. The van der Waals surface area contributed by atoms with Crippen LogP contribution >= 0.6 is 0 Å². The summed E-state index contributed by atoms with van der Waals surface area (Å²) in [6.07, 6.45) is 2.02. The average Bonchev–Trinajstić information content (AvgIpc) is 2.43. The lowest BCUT2D eigenvalue weighted by Gasteiger charge is -2.08. The molecule has 0 bridgehead atoms. The fourth-order valence-electron chi connectivity index (χ4n) is 1.59. The summed E-state index contributed by atoms with van der Waals surface area (Å²) in [4.78, 5) is 21.4. The Morgan fingerprint density at radius 3 is 2.63 bits per heavy atom. The van der Waals surface area contributed by atoms with Gasteiger partial charge >= 0.3 is 5.97 Å². The minimum absolute atomic E-state index is 0.0187. The first kappa shape index (κ1) is 14.6. The van der Waals surface area contributed by atoms with E-state index in [1.54, 1.807) is 12.1 Å². The van der Waals surface area contributed by atoms with Gasteiger partial charge in [0.2, 0.25) is 0 Å². The number of hydrogen-bond acceptors (Lipinski definition) is 6. The summed E-state index contributed by atoms with van der Waals surface area (Å²) in [6.45, 7) is 0. The zero-order valence-electron chi connectivity index (χ0n) is 10.4. The highest BCUT2D eigenvalue weighted by Gasteiger charge is 2.17. The summed E-state index contributed by atoms with van der Waals surface area (Å²) < 4.78 is 4.57. The summed E-state index contributed by atoms with van der Waals surface area (Å²) in [5.74, 6) is -1.12. The van der Waals surface area contributed by atoms with Gasteiger partial charge in [0.25, 0.3) is 5.69 Å². The standard InChI is InChI=1S/C12H14N2O5/c1-19-12(15)10(8-13-16)5-2-9-3-6-11(7-4-9)14(17)18/h3-4,6-8,10,16H,2,5H2,1H3/b13-8-. The number of carbonyl (C=O) groups excluding carboxylic acids is 1. The lowest BCUT2D eigenvalue weighted by Crippen LogP contribution is -2.18. The Morgan fingerprint density at radius 1 is 1.53 bits per heavy atom. The third-order valence-corrected chi connectivity index (χ3v) is 2.64. The monoisotopic (exact) mass is 266 g/mol. The molecule has 0 aliphatic heterocycles. The van der Waals surface area contributed by atoms with E-state index in [0.717, 1.165) is 11.8 Å². The van der Waals surface area contributed by atoms with Crippen molar-refractivity contribution in [1.82, 2.24) is 0 Å². The van der Waals surface area contributed by atoms with E-state index >= 15 is 0 Å². The maximum Gasteiger partial charge on any atom is 0.314 e. The van der Waals surface area contributed by atoms with Crippen molar-refractivity contribution in [2.45, 2.75) is 12.8 Å². The van der Waals surface area contributed by atoms with Gasteiger partial charge in [-0.25, -0.2) is 0 Å². The van der Waals surface area contributed by atoms with Gasteiger partial charge in [0.1, 0.15) is 0 Å². The highest BCUT2D eigenvalue weighted by Crippen LogP contribution is 2.15. The summed E-state index contributed by atoms with van der Waals surface area (Å²) >= 11 is 0. The van der Waals surface area contributed by atoms with Crippen molar-refractivity contribution in [3.63, 3.8) is 0 Å². The lowest BCUT2D eigenvalue weighted by atomic mass is 10.0. The molecule has 0 saturated carbocycles. The molecule has 0 saturated heterocycles. The number of methoxy groups -OCH3 is 1. The van der Waals surface area contributed by atoms with Gasteiger partial charge < -0.3 is 9.94 Å². The first-order chi connectivity index (χ1) is 9.08. The minimum Gasteiger partial charge on any atom is -0.469 e. The normalized spacial score (nSPS) is 12.3. The predicted octanol–water partition coefficient (Wildman–Crippen LogP) is 1.78. The molecule has 1 unspecified atom stereocenters. The quantitative estimate of drug-likeness (QED) is 0.278. The van der Waals surface area contributed by atoms with Gasteiger partial charge in [0.15, 0.2) is 0 Å². The molecule has 0 heterocycles. The van der Waals surface area contributed by atoms with Crippen LogP contribution in [0.5, 0.6) is 0 Å². The fraction of sp³-hybridized carbons (Fsp3) is 0.333. The highest BCUT2D eigenvalue weighted by molar-refractivity contribution is 5.89. The van der Waals surface area contributed by atoms with Crippen LogP contribution in [0.25, 0.3) is 0 Å². The molecule has 0 spiro atoms. The molecule has 102 valence electrons. The van der Waals surface area contributed by atoms with Crippen molar-refractivity contribution in [2.75, 3.05) is 7.11 Å². The van der Waals surface area contributed by atoms with Crippen LogP contribution in [0.2, 0.25) is 0 Å². The number of esters is 1. The second kappa shape index (κ2) is 7.10. The Bertz CT molecular complexity index is 470. The van der Waals surface area contributed by atoms with E-state index in [4.69, 9.17) is 5.21 Å². The van der Waals surface area contributed by atoms with Crippen LogP contribution in [0.4, 0.5) is 5.69 Å². The van der Waals surface area contributed by atoms with E-state index in [1.807, 2.05) is 0 Å². The van der Waals surface area contributed by atoms with Gasteiger partial charge in [-0.05, 0) is 18.4 Å². The van der Waals surface area contributed by atoms with Crippen LogP contribution in [0.15, 0.2) is 29.4 Å². The van der Waals surface area contributed by atoms with E-state index in [0.29, 0.717) is 12.8 Å². The molecule has 1 N–H and O–H groups in total. The molecule has 7 nitrogen and oxygen atoms in total. The van der Waals surface area contributed by atoms with Gasteiger partial charge in [-0.3, -0.25) is 14.9 Å². The van der Waals surface area contributed by atoms with Crippen molar-refractivity contribution in [1.29, 1.82) is 0 Å². The maximum atomic E-state index is 11.4. The highest BCUT2D eigenvalue weighted by atomic mass is 16.6. The Labute approximate surface area is 109 Å². The van der Waals surface area contributed by atoms with Gasteiger partial charge in [-0.15, -0.1) is 5.16 Å². The predicted molar refractivity (Wildman–Crippen MR) is 67.2 cm³/mol. The number of benzene rings is 1. The van der Waals surface area contributed by atoms with E-state index in [9.17, 15) is 14.9 Å². The number of aryl methyl sites for hydroxylation is 1. The third-order valence-electron chi connectivity index (χ3n) is 2.64. The van der Waals surface area contributed by atoms with Crippen molar-refractivity contribution in [3.8, 4) is 0 Å². The first-order valence-corrected chi connectivity index (χ1v) is 5.57. The SMILES string of the molecule is COC(=O)C(/C=N\O)CCc1ccc([N+](=O)[O-])cc1. The van der Waals surface area contributed by atoms with E-state index in [2.05, 4.69) is 9.89 Å². The smallest absolute Gasteiger partial charge is 0.314 e. The molecule has 1 atom stereocenters. The summed E-state index contributed by atoms with van der Waals surface area (Å²) in [7, 11) is 1.26. The number of ether oxygens (including phenoxy) is 1. The number of oxime groups is 1. The fourth-order valence-corrected chi connectivity index (χ4v) is 1.59. The Hall–Kier alpha value is -2.44. The Morgan fingerprint density at radius 2 is 2.16 bits per heavy atom. The molecule has 0 aliphatic rings. The molecule has 1 aromatic carbocycles. The second-order valence-electron chi connectivity index (χ2n) is 3.86. The van der Waals surface area contributed by atoms with Gasteiger partial charge in [0.05, 0.1) is 24.2 Å². The minimum atomic E-state index is -0.634. The summed E-state index contributed by atoms with van der Waals surface area (Å²) in [5.41, 5.74) is 0.871. The molecule has 19 heavy (non-hydrogen) atoms. The Kier molecular flexibility index (Phi) is 5.46. The van der Waals surface area contributed by atoms with Gasteiger partial charge in [0, 0.05) is 12.1 Å². The van der Waals surface area contributed by atoms with E-state index in [1.165, 1.54) is 19.2 Å². The summed E-state index contributed by atoms with van der Waals surface area (Å²) in [6, 6.07) is 6.07. The van der Waals surface area contributed by atoms with Gasteiger partial charge in [-0.2, -0.15) is 0 Å². The molecule has 1 aromatic rings. The van der Waals surface area contributed by atoms with Crippen LogP contribution < -0.4 is 0 Å². The number of nitro groups is 1. The van der Waals surface area contributed by atoms with Crippen molar-refractivity contribution >= 4 is 17.9 Å². The van der Waals surface area contributed by atoms with E-state index in [-0.39, 0.29) is 5.69 Å². The Balaban J connectivity index is 2.64. The van der Waals surface area contributed by atoms with Crippen molar-refractivity contribution < 1.29 is 19.7 Å². The van der Waals surface area contributed by atoms with Crippen LogP contribution in [-0.4, -0.2) is 29.4 Å². The zero-order chi connectivity index (χ0) is 14.3. The second-order valence-corrected chi connectivity index (χ2v) is 3.86. The lowest BCUT2D eigenvalue weighted by molar-refractivity contribution is -0.384. The first-order valence-electron chi connectivity index (χ1n) is 5.57. The number of hydrogen-bond donors (Lipinski definition) is 1. The molecular weight excluding hydrogens is 252 g/mol. The molecule has 0 amide bonds. The van der Waals surface area contributed by atoms with Crippen LogP contribution in [0, 0.1) is 16.0 Å².